The molecule has 1 heterocycles. The highest BCUT2D eigenvalue weighted by Crippen LogP contribution is 2.34. The van der Waals surface area contributed by atoms with E-state index in [4.69, 9.17) is 0 Å². The number of hydrogen-bond acceptors (Lipinski definition) is 1. The molecule has 0 aromatic carbocycles. The van der Waals surface area contributed by atoms with Gasteiger partial charge in [-0.25, -0.2) is 0 Å². The second-order valence-corrected chi connectivity index (χ2v) is 3.12. The summed E-state index contributed by atoms with van der Waals surface area (Å²) in [6, 6.07) is 0.919. The van der Waals surface area contributed by atoms with Gasteiger partial charge in [-0.2, -0.15) is 0 Å². The molecule has 1 N–H and O–H groups in total. The maximum Gasteiger partial charge on any atom is 0.00817 e. The molecule has 1 saturated heterocycles. The highest BCUT2D eigenvalue weighted by Gasteiger charge is 2.27. The summed E-state index contributed by atoms with van der Waals surface area (Å²) in [7, 11) is 0. The lowest BCUT2D eigenvalue weighted by molar-refractivity contribution is 0.337. The van der Waals surface area contributed by atoms with Crippen molar-refractivity contribution in [1.29, 1.82) is 0 Å². The van der Waals surface area contributed by atoms with Crippen LogP contribution in [-0.2, 0) is 0 Å². The molecule has 2 heteroatoms. The van der Waals surface area contributed by atoms with Gasteiger partial charge in [-0.3, -0.25) is 0 Å². The highest BCUT2D eigenvalue weighted by molar-refractivity contribution is 5.85. The summed E-state index contributed by atoms with van der Waals surface area (Å²) in [6.07, 6.45) is 5.94. The summed E-state index contributed by atoms with van der Waals surface area (Å²) in [4.78, 5) is 0. The van der Waals surface area contributed by atoms with E-state index in [-0.39, 0.29) is 12.4 Å². The van der Waals surface area contributed by atoms with Crippen LogP contribution in [0.15, 0.2) is 0 Å². The van der Waals surface area contributed by atoms with Gasteiger partial charge >= 0.3 is 0 Å². The van der Waals surface area contributed by atoms with Gasteiger partial charge in [-0.15, -0.1) is 12.4 Å². The Morgan fingerprint density at radius 1 is 1.22 bits per heavy atom. The first-order chi connectivity index (χ1) is 3.95. The molecule has 2 rings (SSSR count). The maximum absolute atomic E-state index is 3.42. The third kappa shape index (κ3) is 1.84. The molecule has 1 saturated carbocycles. The standard InChI is InChI=1S/C7H13N.ClH/c1-2-6(1)5-7-3-4-8-7;/h6-8H,1-5H2;1H. The quantitative estimate of drug-likeness (QED) is 0.626. The van der Waals surface area contributed by atoms with E-state index in [2.05, 4.69) is 5.32 Å². The minimum atomic E-state index is 0. The highest BCUT2D eigenvalue weighted by atomic mass is 35.5. The van der Waals surface area contributed by atoms with Crippen LogP contribution in [0.5, 0.6) is 0 Å². The molecule has 1 aliphatic carbocycles. The van der Waals surface area contributed by atoms with Gasteiger partial charge < -0.3 is 5.32 Å². The topological polar surface area (TPSA) is 12.0 Å². The fraction of sp³-hybridized carbons (Fsp3) is 1.00. The van der Waals surface area contributed by atoms with Crippen molar-refractivity contribution in [2.45, 2.75) is 31.7 Å². The summed E-state index contributed by atoms with van der Waals surface area (Å²) in [6.45, 7) is 1.28. The van der Waals surface area contributed by atoms with Gasteiger partial charge in [-0.05, 0) is 25.3 Å². The Bertz CT molecular complexity index is 86.9. The first-order valence-corrected chi connectivity index (χ1v) is 3.68. The van der Waals surface area contributed by atoms with Gasteiger partial charge in [0.2, 0.25) is 0 Å². The number of rotatable bonds is 2. The van der Waals surface area contributed by atoms with E-state index in [1.807, 2.05) is 0 Å². The third-order valence-electron chi connectivity index (χ3n) is 2.24. The van der Waals surface area contributed by atoms with Crippen molar-refractivity contribution in [1.82, 2.24) is 5.32 Å². The Morgan fingerprint density at radius 3 is 2.22 bits per heavy atom. The zero-order valence-corrected chi connectivity index (χ0v) is 6.41. The molecule has 0 amide bonds. The number of nitrogens with one attached hydrogen (secondary N) is 1. The third-order valence-corrected chi connectivity index (χ3v) is 2.24. The molecule has 1 atom stereocenters. The predicted octanol–water partition coefficient (Wildman–Crippen LogP) is 1.57. The number of halogens is 1. The average molecular weight is 148 g/mol. The van der Waals surface area contributed by atoms with Gasteiger partial charge in [-0.1, -0.05) is 12.8 Å². The van der Waals surface area contributed by atoms with Gasteiger partial charge in [0.05, 0.1) is 0 Å². The second-order valence-electron chi connectivity index (χ2n) is 3.12. The van der Waals surface area contributed by atoms with Crippen LogP contribution in [0.2, 0.25) is 0 Å². The molecule has 0 aromatic rings. The summed E-state index contributed by atoms with van der Waals surface area (Å²) >= 11 is 0. The lowest BCUT2D eigenvalue weighted by atomic mass is 10.0. The van der Waals surface area contributed by atoms with Crippen LogP contribution in [0.3, 0.4) is 0 Å². The molecule has 2 aliphatic rings. The van der Waals surface area contributed by atoms with E-state index in [0.717, 1.165) is 12.0 Å². The Hall–Kier alpha value is 0.250. The van der Waals surface area contributed by atoms with E-state index < -0.39 is 0 Å². The van der Waals surface area contributed by atoms with Gasteiger partial charge in [0.25, 0.3) is 0 Å². The normalized spacial score (nSPS) is 32.7. The van der Waals surface area contributed by atoms with Crippen molar-refractivity contribution in [3.8, 4) is 0 Å². The van der Waals surface area contributed by atoms with E-state index in [0.29, 0.717) is 0 Å². The average Bonchev–Trinajstić information content (AvgIpc) is 2.36. The zero-order valence-electron chi connectivity index (χ0n) is 5.60. The fourth-order valence-electron chi connectivity index (χ4n) is 1.31. The second kappa shape index (κ2) is 2.89. The van der Waals surface area contributed by atoms with E-state index >= 15 is 0 Å². The van der Waals surface area contributed by atoms with Crippen molar-refractivity contribution in [3.05, 3.63) is 0 Å². The lowest BCUT2D eigenvalue weighted by Crippen LogP contribution is -2.42. The molecular formula is C7H14ClN. The van der Waals surface area contributed by atoms with Crippen LogP contribution in [0, 0.1) is 5.92 Å². The minimum absolute atomic E-state index is 0. The molecule has 0 bridgehead atoms. The van der Waals surface area contributed by atoms with Crippen molar-refractivity contribution < 1.29 is 0 Å². The molecule has 0 spiro atoms. The first kappa shape index (κ1) is 7.36. The molecular weight excluding hydrogens is 134 g/mol. The predicted molar refractivity (Wildman–Crippen MR) is 41.0 cm³/mol. The first-order valence-electron chi connectivity index (χ1n) is 3.68. The monoisotopic (exact) mass is 147 g/mol. The Morgan fingerprint density at radius 2 is 1.89 bits per heavy atom. The molecule has 1 aliphatic heterocycles. The molecule has 0 radical (unpaired) electrons. The van der Waals surface area contributed by atoms with Gasteiger partial charge in [0, 0.05) is 6.04 Å². The van der Waals surface area contributed by atoms with E-state index in [9.17, 15) is 0 Å². The molecule has 1 nitrogen and oxygen atoms in total. The largest absolute Gasteiger partial charge is 0.314 e. The van der Waals surface area contributed by atoms with Crippen LogP contribution in [0.1, 0.15) is 25.7 Å². The number of hydrogen-bond donors (Lipinski definition) is 1. The molecule has 54 valence electrons. The summed E-state index contributed by atoms with van der Waals surface area (Å²) in [5.41, 5.74) is 0. The van der Waals surface area contributed by atoms with Crippen molar-refractivity contribution in [2.75, 3.05) is 6.54 Å². The van der Waals surface area contributed by atoms with E-state index in [1.54, 1.807) is 0 Å². The van der Waals surface area contributed by atoms with Crippen LogP contribution in [0.4, 0.5) is 0 Å². The van der Waals surface area contributed by atoms with Gasteiger partial charge in [0.1, 0.15) is 0 Å². The minimum Gasteiger partial charge on any atom is -0.314 e. The Kier molecular flexibility index (Phi) is 2.36. The lowest BCUT2D eigenvalue weighted by Gasteiger charge is -2.27. The van der Waals surface area contributed by atoms with Crippen LogP contribution >= 0.6 is 12.4 Å². The Balaban J connectivity index is 0.000000405. The molecule has 1 unspecified atom stereocenters. The summed E-state index contributed by atoms with van der Waals surface area (Å²) in [5, 5.41) is 3.42. The fourth-order valence-corrected chi connectivity index (χ4v) is 1.31. The van der Waals surface area contributed by atoms with E-state index in [1.165, 1.54) is 32.2 Å². The van der Waals surface area contributed by atoms with Crippen LogP contribution < -0.4 is 5.32 Å². The molecule has 9 heavy (non-hydrogen) atoms. The zero-order chi connectivity index (χ0) is 5.40. The molecule has 0 aromatic heterocycles. The van der Waals surface area contributed by atoms with Crippen molar-refractivity contribution in [3.63, 3.8) is 0 Å². The summed E-state index contributed by atoms with van der Waals surface area (Å²) in [5.74, 6) is 1.12. The Labute approximate surface area is 62.6 Å². The van der Waals surface area contributed by atoms with Crippen molar-refractivity contribution >= 4 is 12.4 Å². The maximum atomic E-state index is 3.42. The van der Waals surface area contributed by atoms with Gasteiger partial charge in [0.15, 0.2) is 0 Å². The SMILES string of the molecule is C1CC(CC2CC2)N1.Cl. The van der Waals surface area contributed by atoms with Crippen LogP contribution in [0.25, 0.3) is 0 Å². The summed E-state index contributed by atoms with van der Waals surface area (Å²) < 4.78 is 0. The molecule has 2 fully saturated rings. The smallest absolute Gasteiger partial charge is 0.00817 e. The van der Waals surface area contributed by atoms with Crippen LogP contribution in [-0.4, -0.2) is 12.6 Å². The van der Waals surface area contributed by atoms with Crippen molar-refractivity contribution in [2.24, 2.45) is 5.92 Å².